The molecule has 0 aliphatic carbocycles. The first-order valence-corrected chi connectivity index (χ1v) is 6.37. The van der Waals surface area contributed by atoms with E-state index in [-0.39, 0.29) is 11.7 Å². The molecule has 0 aliphatic rings. The van der Waals surface area contributed by atoms with Gasteiger partial charge in [-0.3, -0.25) is 10.1 Å². The van der Waals surface area contributed by atoms with Crippen molar-refractivity contribution in [3.63, 3.8) is 0 Å². The summed E-state index contributed by atoms with van der Waals surface area (Å²) in [6.07, 6.45) is 3.33. The quantitative estimate of drug-likeness (QED) is 0.764. The van der Waals surface area contributed by atoms with Gasteiger partial charge in [0, 0.05) is 23.0 Å². The van der Waals surface area contributed by atoms with Crippen LogP contribution in [0.25, 0.3) is 5.78 Å². The molecule has 3 aromatic rings. The van der Waals surface area contributed by atoms with Crippen LogP contribution < -0.4 is 5.32 Å². The van der Waals surface area contributed by atoms with Crippen molar-refractivity contribution in [1.29, 1.82) is 0 Å². The number of amides is 1. The number of thiazole rings is 1. The fourth-order valence-corrected chi connectivity index (χ4v) is 2.23. The summed E-state index contributed by atoms with van der Waals surface area (Å²) in [7, 11) is 0. The van der Waals surface area contributed by atoms with Crippen LogP contribution in [0.15, 0.2) is 18.5 Å². The maximum absolute atomic E-state index is 12.0. The summed E-state index contributed by atoms with van der Waals surface area (Å²) < 4.78 is 1.53. The predicted octanol–water partition coefficient (Wildman–Crippen LogP) is 1.45. The molecule has 0 spiro atoms. The summed E-state index contributed by atoms with van der Waals surface area (Å²) in [6, 6.07) is 1.80. The largest absolute Gasteiger partial charge is 0.297 e. The lowest BCUT2D eigenvalue weighted by Crippen LogP contribution is -2.13. The lowest BCUT2D eigenvalue weighted by atomic mass is 10.5. The molecule has 0 saturated heterocycles. The highest BCUT2D eigenvalue weighted by Crippen LogP contribution is 2.17. The van der Waals surface area contributed by atoms with Crippen molar-refractivity contribution >= 4 is 28.2 Å². The first-order valence-electron chi connectivity index (χ1n) is 5.55. The van der Waals surface area contributed by atoms with Crippen LogP contribution in [0, 0.1) is 13.8 Å². The van der Waals surface area contributed by atoms with Gasteiger partial charge in [-0.05, 0) is 19.9 Å². The van der Waals surface area contributed by atoms with E-state index in [1.54, 1.807) is 18.5 Å². The van der Waals surface area contributed by atoms with Gasteiger partial charge in [-0.1, -0.05) is 0 Å². The van der Waals surface area contributed by atoms with Crippen LogP contribution in [0.3, 0.4) is 0 Å². The number of fused-ring (bicyclic) bond motifs is 1. The number of aromatic nitrogens is 5. The van der Waals surface area contributed by atoms with Gasteiger partial charge in [-0.2, -0.15) is 4.98 Å². The van der Waals surface area contributed by atoms with Gasteiger partial charge in [0.05, 0.1) is 0 Å². The fourth-order valence-electron chi connectivity index (χ4n) is 1.57. The van der Waals surface area contributed by atoms with Crippen LogP contribution in [0.1, 0.15) is 21.2 Å². The van der Waals surface area contributed by atoms with Crippen molar-refractivity contribution < 1.29 is 4.79 Å². The highest BCUT2D eigenvalue weighted by atomic mass is 32.1. The number of hydrogen-bond donors (Lipinski definition) is 1. The zero-order chi connectivity index (χ0) is 13.4. The molecule has 96 valence electrons. The van der Waals surface area contributed by atoms with E-state index in [2.05, 4.69) is 25.4 Å². The predicted molar refractivity (Wildman–Crippen MR) is 70.3 cm³/mol. The molecular weight excluding hydrogens is 264 g/mol. The number of carbonyl (C=O) groups excluding carboxylic acids is 1. The summed E-state index contributed by atoms with van der Waals surface area (Å²) in [6.45, 7) is 3.79. The average molecular weight is 274 g/mol. The normalized spacial score (nSPS) is 10.8. The summed E-state index contributed by atoms with van der Waals surface area (Å²) in [5, 5.41) is 7.32. The van der Waals surface area contributed by atoms with Crippen molar-refractivity contribution in [2.24, 2.45) is 0 Å². The second-order valence-corrected chi connectivity index (χ2v) is 5.20. The molecule has 3 rings (SSSR count). The van der Waals surface area contributed by atoms with E-state index in [1.165, 1.54) is 15.9 Å². The average Bonchev–Trinajstić information content (AvgIpc) is 2.96. The first kappa shape index (κ1) is 11.7. The van der Waals surface area contributed by atoms with Crippen LogP contribution in [-0.4, -0.2) is 30.5 Å². The minimum Gasteiger partial charge on any atom is -0.295 e. The van der Waals surface area contributed by atoms with Gasteiger partial charge in [0.15, 0.2) is 5.13 Å². The third-order valence-electron chi connectivity index (χ3n) is 2.47. The minimum absolute atomic E-state index is 0.0784. The maximum atomic E-state index is 12.0. The van der Waals surface area contributed by atoms with Crippen LogP contribution in [0.4, 0.5) is 5.13 Å². The molecule has 1 N–H and O–H groups in total. The van der Waals surface area contributed by atoms with E-state index < -0.39 is 0 Å². The first-order chi connectivity index (χ1) is 9.13. The van der Waals surface area contributed by atoms with E-state index in [0.29, 0.717) is 10.9 Å². The number of aryl methyl sites for hydroxylation is 2. The molecule has 8 heteroatoms. The highest BCUT2D eigenvalue weighted by molar-refractivity contribution is 7.15. The Morgan fingerprint density at radius 1 is 1.37 bits per heavy atom. The van der Waals surface area contributed by atoms with Crippen LogP contribution in [0.5, 0.6) is 0 Å². The van der Waals surface area contributed by atoms with E-state index in [4.69, 9.17) is 0 Å². The molecular formula is C11H10N6OS. The summed E-state index contributed by atoms with van der Waals surface area (Å²) >= 11 is 1.40. The minimum atomic E-state index is -0.390. The number of anilines is 1. The molecule has 3 heterocycles. The monoisotopic (exact) mass is 274 g/mol. The van der Waals surface area contributed by atoms with Crippen molar-refractivity contribution in [3.8, 4) is 0 Å². The molecule has 7 nitrogen and oxygen atoms in total. The summed E-state index contributed by atoms with van der Waals surface area (Å²) in [4.78, 5) is 25.2. The second kappa shape index (κ2) is 4.39. The molecule has 0 atom stereocenters. The topological polar surface area (TPSA) is 85.1 Å². The van der Waals surface area contributed by atoms with Crippen LogP contribution >= 0.6 is 11.3 Å². The molecule has 0 fully saturated rings. The molecule has 19 heavy (non-hydrogen) atoms. The van der Waals surface area contributed by atoms with Crippen molar-refractivity contribution in [2.45, 2.75) is 13.8 Å². The van der Waals surface area contributed by atoms with Gasteiger partial charge >= 0.3 is 0 Å². The Labute approximate surface area is 112 Å². The van der Waals surface area contributed by atoms with E-state index >= 15 is 0 Å². The Hall–Kier alpha value is -2.35. The molecule has 0 unspecified atom stereocenters. The Balaban J connectivity index is 1.91. The third-order valence-corrected chi connectivity index (χ3v) is 3.30. The fraction of sp³-hybridized carbons (Fsp3) is 0.182. The lowest BCUT2D eigenvalue weighted by Gasteiger charge is -1.95. The zero-order valence-electron chi connectivity index (χ0n) is 10.3. The molecule has 0 aliphatic heterocycles. The lowest BCUT2D eigenvalue weighted by molar-refractivity contribution is 0.101. The van der Waals surface area contributed by atoms with Gasteiger partial charge < -0.3 is 0 Å². The molecule has 1 amide bonds. The van der Waals surface area contributed by atoms with Gasteiger partial charge in [0.2, 0.25) is 5.82 Å². The molecule has 0 saturated carbocycles. The van der Waals surface area contributed by atoms with Crippen LogP contribution in [-0.2, 0) is 0 Å². The molecule has 0 radical (unpaired) electrons. The Bertz CT molecular complexity index is 761. The van der Waals surface area contributed by atoms with Crippen molar-refractivity contribution in [2.75, 3.05) is 5.32 Å². The maximum Gasteiger partial charge on any atom is 0.297 e. The van der Waals surface area contributed by atoms with Gasteiger partial charge in [0.1, 0.15) is 0 Å². The van der Waals surface area contributed by atoms with E-state index in [1.807, 2.05) is 13.8 Å². The van der Waals surface area contributed by atoms with Gasteiger partial charge in [0.25, 0.3) is 11.7 Å². The summed E-state index contributed by atoms with van der Waals surface area (Å²) in [5.41, 5.74) is 0.863. The number of nitrogens with zero attached hydrogens (tertiary/aromatic N) is 5. The van der Waals surface area contributed by atoms with E-state index in [0.717, 1.165) is 10.6 Å². The SMILES string of the molecule is Cc1cnc(NC(=O)c2nc3nccc(C)n3n2)s1. The Morgan fingerprint density at radius 3 is 2.89 bits per heavy atom. The van der Waals surface area contributed by atoms with Crippen molar-refractivity contribution in [1.82, 2.24) is 24.6 Å². The standard InChI is InChI=1S/C11H10N6OS/c1-6-3-4-12-10-14-8(16-17(6)10)9(18)15-11-13-5-7(2)19-11/h3-5H,1-2H3,(H,13,15,18). The smallest absolute Gasteiger partial charge is 0.295 e. The number of nitrogens with one attached hydrogen (secondary N) is 1. The number of carbonyl (C=O) groups is 1. The van der Waals surface area contributed by atoms with Crippen LogP contribution in [0.2, 0.25) is 0 Å². The number of hydrogen-bond acceptors (Lipinski definition) is 6. The third kappa shape index (κ3) is 2.17. The molecule has 0 bridgehead atoms. The van der Waals surface area contributed by atoms with Crippen molar-refractivity contribution in [3.05, 3.63) is 34.9 Å². The molecule has 0 aromatic carbocycles. The number of rotatable bonds is 2. The second-order valence-electron chi connectivity index (χ2n) is 3.96. The summed E-state index contributed by atoms with van der Waals surface area (Å²) in [5.74, 6) is 0.0920. The Kier molecular flexibility index (Phi) is 2.71. The zero-order valence-corrected chi connectivity index (χ0v) is 11.1. The Morgan fingerprint density at radius 2 is 2.21 bits per heavy atom. The van der Waals surface area contributed by atoms with Gasteiger partial charge in [-0.15, -0.1) is 16.4 Å². The molecule has 3 aromatic heterocycles. The van der Waals surface area contributed by atoms with Gasteiger partial charge in [-0.25, -0.2) is 14.5 Å². The van der Waals surface area contributed by atoms with E-state index in [9.17, 15) is 4.79 Å². The highest BCUT2D eigenvalue weighted by Gasteiger charge is 2.15.